The number of para-hydroxylation sites is 1. The van der Waals surface area contributed by atoms with E-state index in [9.17, 15) is 0 Å². The van der Waals surface area contributed by atoms with Crippen LogP contribution in [0.5, 0.6) is 0 Å². The Morgan fingerprint density at radius 2 is 2.06 bits per heavy atom. The molecule has 86 valence electrons. The Morgan fingerprint density at radius 1 is 1.31 bits per heavy atom. The van der Waals surface area contributed by atoms with E-state index in [1.807, 2.05) is 0 Å². The molecule has 1 aromatic heterocycles. The molecule has 0 fully saturated rings. The normalized spacial score (nSPS) is 11.6. The molecule has 0 saturated heterocycles. The summed E-state index contributed by atoms with van der Waals surface area (Å²) in [6.07, 6.45) is 0.728. The second-order valence-electron chi connectivity index (χ2n) is 4.59. The van der Waals surface area contributed by atoms with Crippen molar-refractivity contribution in [2.75, 3.05) is 6.61 Å². The third-order valence-corrected chi connectivity index (χ3v) is 3.03. The predicted octanol–water partition coefficient (Wildman–Crippen LogP) is 3.07. The summed E-state index contributed by atoms with van der Waals surface area (Å²) in [5.74, 6) is 0. The van der Waals surface area contributed by atoms with Crippen LogP contribution in [-0.2, 0) is 6.42 Å². The maximum absolute atomic E-state index is 9.11. The first-order chi connectivity index (χ1) is 7.65. The molecule has 0 saturated carbocycles. The molecule has 0 radical (unpaired) electrons. The minimum Gasteiger partial charge on any atom is -0.396 e. The zero-order valence-electron chi connectivity index (χ0n) is 10.2. The van der Waals surface area contributed by atoms with Crippen molar-refractivity contribution in [1.82, 2.24) is 4.57 Å². The van der Waals surface area contributed by atoms with Crippen LogP contribution in [0.2, 0.25) is 0 Å². The van der Waals surface area contributed by atoms with Crippen molar-refractivity contribution in [2.45, 2.75) is 33.2 Å². The average Bonchev–Trinajstić information content (AvgIpc) is 2.58. The quantitative estimate of drug-likeness (QED) is 0.839. The van der Waals surface area contributed by atoms with Crippen molar-refractivity contribution >= 4 is 10.9 Å². The molecule has 0 aliphatic heterocycles. The first-order valence-electron chi connectivity index (χ1n) is 5.85. The van der Waals surface area contributed by atoms with Crippen LogP contribution in [-0.4, -0.2) is 16.3 Å². The van der Waals surface area contributed by atoms with E-state index in [4.69, 9.17) is 5.11 Å². The fourth-order valence-electron chi connectivity index (χ4n) is 2.42. The van der Waals surface area contributed by atoms with Crippen molar-refractivity contribution in [2.24, 2.45) is 0 Å². The highest BCUT2D eigenvalue weighted by Gasteiger charge is 2.12. The van der Waals surface area contributed by atoms with Gasteiger partial charge in [-0.05, 0) is 32.4 Å². The molecule has 2 nitrogen and oxygen atoms in total. The topological polar surface area (TPSA) is 25.2 Å². The molecule has 2 heteroatoms. The molecule has 0 bridgehead atoms. The van der Waals surface area contributed by atoms with Gasteiger partial charge in [0.1, 0.15) is 0 Å². The van der Waals surface area contributed by atoms with E-state index in [-0.39, 0.29) is 6.61 Å². The highest BCUT2D eigenvalue weighted by molar-refractivity contribution is 5.84. The molecule has 16 heavy (non-hydrogen) atoms. The van der Waals surface area contributed by atoms with Gasteiger partial charge in [0.15, 0.2) is 0 Å². The third-order valence-electron chi connectivity index (χ3n) is 3.03. The smallest absolute Gasteiger partial charge is 0.0514 e. The van der Waals surface area contributed by atoms with E-state index in [1.165, 1.54) is 22.2 Å². The number of benzene rings is 1. The summed E-state index contributed by atoms with van der Waals surface area (Å²) in [5.41, 5.74) is 3.83. The lowest BCUT2D eigenvalue weighted by Gasteiger charge is -2.15. The van der Waals surface area contributed by atoms with Gasteiger partial charge in [-0.3, -0.25) is 0 Å². The van der Waals surface area contributed by atoms with Crippen molar-refractivity contribution < 1.29 is 5.11 Å². The fraction of sp³-hybridized carbons (Fsp3) is 0.429. The monoisotopic (exact) mass is 217 g/mol. The minimum atomic E-state index is 0.210. The number of aliphatic hydroxyl groups is 1. The summed E-state index contributed by atoms with van der Waals surface area (Å²) in [5, 5.41) is 10.4. The molecule has 1 N–H and O–H groups in total. The number of rotatable bonds is 3. The van der Waals surface area contributed by atoms with Gasteiger partial charge in [-0.25, -0.2) is 0 Å². The number of hydrogen-bond donors (Lipinski definition) is 1. The van der Waals surface area contributed by atoms with E-state index in [0.717, 1.165) is 6.42 Å². The molecule has 0 atom stereocenters. The summed E-state index contributed by atoms with van der Waals surface area (Å²) in [7, 11) is 0. The molecule has 1 heterocycles. The summed E-state index contributed by atoms with van der Waals surface area (Å²) < 4.78 is 2.33. The van der Waals surface area contributed by atoms with E-state index in [0.29, 0.717) is 6.04 Å². The van der Waals surface area contributed by atoms with Crippen LogP contribution in [0.4, 0.5) is 0 Å². The first-order valence-corrected chi connectivity index (χ1v) is 5.85. The Bertz CT molecular complexity index is 497. The molecule has 2 rings (SSSR count). The fourth-order valence-corrected chi connectivity index (χ4v) is 2.42. The van der Waals surface area contributed by atoms with E-state index >= 15 is 0 Å². The number of aromatic nitrogens is 1. The SMILES string of the molecule is Cc1cccc2cc(CCO)n(C(C)C)c12. The van der Waals surface area contributed by atoms with E-state index < -0.39 is 0 Å². The summed E-state index contributed by atoms with van der Waals surface area (Å²) >= 11 is 0. The van der Waals surface area contributed by atoms with Crippen LogP contribution < -0.4 is 0 Å². The van der Waals surface area contributed by atoms with Gasteiger partial charge in [0.05, 0.1) is 5.52 Å². The summed E-state index contributed by atoms with van der Waals surface area (Å²) in [4.78, 5) is 0. The second-order valence-corrected chi connectivity index (χ2v) is 4.59. The second kappa shape index (κ2) is 4.30. The van der Waals surface area contributed by atoms with Crippen LogP contribution in [0.15, 0.2) is 24.3 Å². The Hall–Kier alpha value is -1.28. The molecule has 2 aromatic rings. The van der Waals surface area contributed by atoms with Crippen LogP contribution >= 0.6 is 0 Å². The molecular formula is C14H19NO. The van der Waals surface area contributed by atoms with Gasteiger partial charge in [0, 0.05) is 30.1 Å². The lowest BCUT2D eigenvalue weighted by atomic mass is 10.1. The van der Waals surface area contributed by atoms with Crippen molar-refractivity contribution in [3.05, 3.63) is 35.5 Å². The molecule has 0 spiro atoms. The Labute approximate surface area is 96.5 Å². The lowest BCUT2D eigenvalue weighted by molar-refractivity contribution is 0.295. The van der Waals surface area contributed by atoms with Crippen molar-refractivity contribution in [3.63, 3.8) is 0 Å². The van der Waals surface area contributed by atoms with Gasteiger partial charge < -0.3 is 9.67 Å². The molecule has 0 aliphatic rings. The number of nitrogens with zero attached hydrogens (tertiary/aromatic N) is 1. The standard InChI is InChI=1S/C14H19NO/c1-10(2)15-13(7-8-16)9-12-6-4-5-11(3)14(12)15/h4-6,9-10,16H,7-8H2,1-3H3. The van der Waals surface area contributed by atoms with Gasteiger partial charge in [-0.1, -0.05) is 18.2 Å². The molecule has 0 amide bonds. The van der Waals surface area contributed by atoms with Gasteiger partial charge >= 0.3 is 0 Å². The van der Waals surface area contributed by atoms with Crippen LogP contribution in [0.25, 0.3) is 10.9 Å². The lowest BCUT2D eigenvalue weighted by Crippen LogP contribution is -2.07. The van der Waals surface area contributed by atoms with Gasteiger partial charge in [0.25, 0.3) is 0 Å². The number of aryl methyl sites for hydroxylation is 1. The van der Waals surface area contributed by atoms with Gasteiger partial charge in [-0.2, -0.15) is 0 Å². The molecular weight excluding hydrogens is 198 g/mol. The van der Waals surface area contributed by atoms with Crippen LogP contribution in [0, 0.1) is 6.92 Å². The van der Waals surface area contributed by atoms with Crippen molar-refractivity contribution in [3.8, 4) is 0 Å². The molecule has 0 unspecified atom stereocenters. The number of fused-ring (bicyclic) bond motifs is 1. The largest absolute Gasteiger partial charge is 0.396 e. The number of hydrogen-bond acceptors (Lipinski definition) is 1. The highest BCUT2D eigenvalue weighted by atomic mass is 16.3. The Balaban J connectivity index is 2.72. The summed E-state index contributed by atoms with van der Waals surface area (Å²) in [6, 6.07) is 9.00. The molecule has 1 aromatic carbocycles. The van der Waals surface area contributed by atoms with Crippen molar-refractivity contribution in [1.29, 1.82) is 0 Å². The van der Waals surface area contributed by atoms with Crippen LogP contribution in [0.3, 0.4) is 0 Å². The van der Waals surface area contributed by atoms with E-state index in [2.05, 4.69) is 49.6 Å². The molecule has 0 aliphatic carbocycles. The summed E-state index contributed by atoms with van der Waals surface area (Å²) in [6.45, 7) is 6.73. The average molecular weight is 217 g/mol. The first kappa shape index (κ1) is 11.2. The van der Waals surface area contributed by atoms with Gasteiger partial charge in [-0.15, -0.1) is 0 Å². The third kappa shape index (κ3) is 1.74. The highest BCUT2D eigenvalue weighted by Crippen LogP contribution is 2.26. The predicted molar refractivity (Wildman–Crippen MR) is 67.8 cm³/mol. The maximum Gasteiger partial charge on any atom is 0.0514 e. The van der Waals surface area contributed by atoms with Gasteiger partial charge in [0.2, 0.25) is 0 Å². The Morgan fingerprint density at radius 3 is 2.69 bits per heavy atom. The van der Waals surface area contributed by atoms with Crippen LogP contribution in [0.1, 0.15) is 31.1 Å². The Kier molecular flexibility index (Phi) is 3.01. The zero-order valence-corrected chi connectivity index (χ0v) is 10.2. The minimum absolute atomic E-state index is 0.210. The zero-order chi connectivity index (χ0) is 11.7. The number of aliphatic hydroxyl groups excluding tert-OH is 1. The van der Waals surface area contributed by atoms with E-state index in [1.54, 1.807) is 0 Å². The maximum atomic E-state index is 9.11.